The molecule has 2 heterocycles. The molecule has 35 heavy (non-hydrogen) atoms. The number of rotatable bonds is 6. The summed E-state index contributed by atoms with van der Waals surface area (Å²) in [5, 5.41) is 0.833. The lowest BCUT2D eigenvalue weighted by Crippen LogP contribution is -2.40. The summed E-state index contributed by atoms with van der Waals surface area (Å²) in [6.45, 7) is 1.47. The Morgan fingerprint density at radius 3 is 2.49 bits per heavy atom. The van der Waals surface area contributed by atoms with Crippen molar-refractivity contribution in [3.63, 3.8) is 0 Å². The number of carbonyl (C=O) groups excluding carboxylic acids is 1. The van der Waals surface area contributed by atoms with E-state index in [2.05, 4.69) is 29.2 Å². The Morgan fingerprint density at radius 2 is 1.71 bits per heavy atom. The molecule has 5 nitrogen and oxygen atoms in total. The van der Waals surface area contributed by atoms with Gasteiger partial charge in [-0.2, -0.15) is 0 Å². The molecular formula is C28H26FN3O2S. The third-order valence-electron chi connectivity index (χ3n) is 6.47. The van der Waals surface area contributed by atoms with Crippen LogP contribution in [0.25, 0.3) is 16.6 Å². The number of benzene rings is 3. The van der Waals surface area contributed by atoms with E-state index in [0.717, 1.165) is 32.4 Å². The number of hydrogen-bond donors (Lipinski definition) is 0. The number of fused-ring (bicyclic) bond motifs is 1. The standard InChI is InChI=1S/C28H26FN3O2S/c29-22-9-6-10-23(18-22)32-27(34)24-11-4-5-12-25(24)30-28(32)35-19-26(33)31-15-13-21(14-16-31)17-20-7-2-1-3-8-20/h1-12,18,21H,13-17,19H2. The number of amides is 1. The van der Waals surface area contributed by atoms with Gasteiger partial charge in [-0.1, -0.05) is 60.3 Å². The average molecular weight is 488 g/mol. The first-order chi connectivity index (χ1) is 17.1. The maximum absolute atomic E-state index is 14.0. The number of hydrogen-bond acceptors (Lipinski definition) is 4. The maximum atomic E-state index is 14.0. The molecule has 0 unspecified atom stereocenters. The van der Waals surface area contributed by atoms with Crippen LogP contribution in [0.15, 0.2) is 88.8 Å². The van der Waals surface area contributed by atoms with Crippen LogP contribution in [0.3, 0.4) is 0 Å². The number of aromatic nitrogens is 2. The summed E-state index contributed by atoms with van der Waals surface area (Å²) in [5.74, 6) is 0.340. The topological polar surface area (TPSA) is 55.2 Å². The number of nitrogens with zero attached hydrogens (tertiary/aromatic N) is 3. The molecule has 1 fully saturated rings. The Hall–Kier alpha value is -3.45. The molecule has 0 atom stereocenters. The molecule has 0 bridgehead atoms. The molecule has 1 amide bonds. The van der Waals surface area contributed by atoms with Crippen LogP contribution in [-0.2, 0) is 11.2 Å². The highest BCUT2D eigenvalue weighted by molar-refractivity contribution is 7.99. The fourth-order valence-electron chi connectivity index (χ4n) is 4.60. The van der Waals surface area contributed by atoms with Gasteiger partial charge in [-0.05, 0) is 61.1 Å². The van der Waals surface area contributed by atoms with E-state index in [1.807, 2.05) is 17.0 Å². The van der Waals surface area contributed by atoms with Gasteiger partial charge in [0.25, 0.3) is 5.56 Å². The van der Waals surface area contributed by atoms with Gasteiger partial charge in [-0.3, -0.25) is 14.2 Å². The van der Waals surface area contributed by atoms with Gasteiger partial charge in [0.2, 0.25) is 5.91 Å². The molecule has 0 aliphatic carbocycles. The van der Waals surface area contributed by atoms with Gasteiger partial charge in [0.1, 0.15) is 5.82 Å². The monoisotopic (exact) mass is 487 g/mol. The molecule has 1 aromatic heterocycles. The first kappa shape index (κ1) is 23.3. The van der Waals surface area contributed by atoms with Gasteiger partial charge in [0.15, 0.2) is 5.16 Å². The summed E-state index contributed by atoms with van der Waals surface area (Å²) < 4.78 is 15.4. The van der Waals surface area contributed by atoms with Crippen molar-refractivity contribution < 1.29 is 9.18 Å². The first-order valence-corrected chi connectivity index (χ1v) is 12.8. The molecule has 0 N–H and O–H groups in total. The Balaban J connectivity index is 1.30. The molecule has 0 radical (unpaired) electrons. The summed E-state index contributed by atoms with van der Waals surface area (Å²) in [4.78, 5) is 32.9. The molecule has 178 valence electrons. The summed E-state index contributed by atoms with van der Waals surface area (Å²) in [6, 6.07) is 23.4. The zero-order valence-electron chi connectivity index (χ0n) is 19.3. The molecule has 0 spiro atoms. The Morgan fingerprint density at radius 1 is 0.971 bits per heavy atom. The van der Waals surface area contributed by atoms with Crippen LogP contribution in [-0.4, -0.2) is 39.2 Å². The first-order valence-electron chi connectivity index (χ1n) is 11.8. The van der Waals surface area contributed by atoms with E-state index in [9.17, 15) is 14.0 Å². The van der Waals surface area contributed by atoms with E-state index in [1.54, 1.807) is 30.3 Å². The van der Waals surface area contributed by atoms with Crippen molar-refractivity contribution in [1.82, 2.24) is 14.5 Å². The van der Waals surface area contributed by atoms with Crippen LogP contribution in [0, 0.1) is 11.7 Å². The van der Waals surface area contributed by atoms with Crippen molar-refractivity contribution >= 4 is 28.6 Å². The third kappa shape index (κ3) is 5.30. The lowest BCUT2D eigenvalue weighted by Gasteiger charge is -2.32. The lowest BCUT2D eigenvalue weighted by atomic mass is 9.90. The maximum Gasteiger partial charge on any atom is 0.266 e. The van der Waals surface area contributed by atoms with E-state index < -0.39 is 5.82 Å². The van der Waals surface area contributed by atoms with E-state index >= 15 is 0 Å². The molecule has 4 aromatic rings. The summed E-state index contributed by atoms with van der Waals surface area (Å²) in [5.41, 5.74) is 2.01. The molecule has 1 aliphatic rings. The number of thioether (sulfide) groups is 1. The third-order valence-corrected chi connectivity index (χ3v) is 7.39. The molecule has 1 aliphatic heterocycles. The molecule has 1 saturated heterocycles. The van der Waals surface area contributed by atoms with Gasteiger partial charge in [-0.25, -0.2) is 9.37 Å². The van der Waals surface area contributed by atoms with Crippen molar-refractivity contribution in [2.24, 2.45) is 5.92 Å². The summed E-state index contributed by atoms with van der Waals surface area (Å²) >= 11 is 1.22. The zero-order chi connectivity index (χ0) is 24.2. The van der Waals surface area contributed by atoms with Gasteiger partial charge >= 0.3 is 0 Å². The molecule has 3 aromatic carbocycles. The van der Waals surface area contributed by atoms with E-state index in [-0.39, 0.29) is 17.2 Å². The molecule has 5 rings (SSSR count). The van der Waals surface area contributed by atoms with Crippen LogP contribution in [0.4, 0.5) is 4.39 Å². The smallest absolute Gasteiger partial charge is 0.266 e. The van der Waals surface area contributed by atoms with Gasteiger partial charge in [-0.15, -0.1) is 0 Å². The summed E-state index contributed by atoms with van der Waals surface area (Å²) in [7, 11) is 0. The minimum Gasteiger partial charge on any atom is -0.342 e. The highest BCUT2D eigenvalue weighted by Gasteiger charge is 2.24. The van der Waals surface area contributed by atoms with Gasteiger partial charge in [0, 0.05) is 13.1 Å². The summed E-state index contributed by atoms with van der Waals surface area (Å²) in [6.07, 6.45) is 3.00. The van der Waals surface area contributed by atoms with Gasteiger partial charge < -0.3 is 4.90 Å². The fraction of sp³-hybridized carbons (Fsp3) is 0.250. The van der Waals surface area contributed by atoms with Crippen LogP contribution >= 0.6 is 11.8 Å². The van der Waals surface area contributed by atoms with Crippen LogP contribution in [0.2, 0.25) is 0 Å². The molecule has 0 saturated carbocycles. The number of piperidine rings is 1. The van der Waals surface area contributed by atoms with Crippen molar-refractivity contribution in [2.45, 2.75) is 24.4 Å². The SMILES string of the molecule is O=C(CSc1nc2ccccc2c(=O)n1-c1cccc(F)c1)N1CCC(Cc2ccccc2)CC1. The number of para-hydroxylation sites is 1. The quantitative estimate of drug-likeness (QED) is 0.281. The Labute approximate surface area is 207 Å². The van der Waals surface area contributed by atoms with Crippen LogP contribution < -0.4 is 5.56 Å². The second kappa shape index (κ2) is 10.4. The second-order valence-corrected chi connectivity index (χ2v) is 9.78. The van der Waals surface area contributed by atoms with Crippen molar-refractivity contribution in [3.8, 4) is 5.69 Å². The minimum atomic E-state index is -0.437. The van der Waals surface area contributed by atoms with E-state index in [0.29, 0.717) is 27.7 Å². The van der Waals surface area contributed by atoms with E-state index in [1.165, 1.54) is 34.0 Å². The fourth-order valence-corrected chi connectivity index (χ4v) is 5.52. The van der Waals surface area contributed by atoms with Crippen LogP contribution in [0.1, 0.15) is 18.4 Å². The van der Waals surface area contributed by atoms with Crippen molar-refractivity contribution in [1.29, 1.82) is 0 Å². The highest BCUT2D eigenvalue weighted by atomic mass is 32.2. The number of likely N-dealkylation sites (tertiary alicyclic amines) is 1. The average Bonchev–Trinajstić information content (AvgIpc) is 2.88. The number of halogens is 1. The predicted molar refractivity (Wildman–Crippen MR) is 137 cm³/mol. The van der Waals surface area contributed by atoms with Crippen molar-refractivity contribution in [2.75, 3.05) is 18.8 Å². The Bertz CT molecular complexity index is 1400. The molecule has 7 heteroatoms. The number of carbonyl (C=O) groups is 1. The Kier molecular flexibility index (Phi) is 6.95. The minimum absolute atomic E-state index is 0.0290. The second-order valence-electron chi connectivity index (χ2n) is 8.83. The predicted octanol–water partition coefficient (Wildman–Crippen LogP) is 5.10. The van der Waals surface area contributed by atoms with E-state index in [4.69, 9.17) is 0 Å². The lowest BCUT2D eigenvalue weighted by molar-refractivity contribution is -0.129. The largest absolute Gasteiger partial charge is 0.342 e. The van der Waals surface area contributed by atoms with Crippen molar-refractivity contribution in [3.05, 3.63) is 101 Å². The normalized spacial score (nSPS) is 14.4. The van der Waals surface area contributed by atoms with Crippen LogP contribution in [0.5, 0.6) is 0 Å². The highest BCUT2D eigenvalue weighted by Crippen LogP contribution is 2.25. The zero-order valence-corrected chi connectivity index (χ0v) is 20.1. The molecular weight excluding hydrogens is 461 g/mol. The van der Waals surface area contributed by atoms with Gasteiger partial charge in [0.05, 0.1) is 22.3 Å².